The summed E-state index contributed by atoms with van der Waals surface area (Å²) in [5.41, 5.74) is 2.60. The Balaban J connectivity index is 1.35. The van der Waals surface area contributed by atoms with Crippen molar-refractivity contribution in [2.45, 2.75) is 39.2 Å². The highest BCUT2D eigenvalue weighted by molar-refractivity contribution is 7.88. The minimum absolute atomic E-state index is 0.0694. The van der Waals surface area contributed by atoms with Crippen LogP contribution in [0.25, 0.3) is 0 Å². The summed E-state index contributed by atoms with van der Waals surface area (Å²) in [4.78, 5) is 17.5. The van der Waals surface area contributed by atoms with E-state index in [0.29, 0.717) is 25.9 Å². The summed E-state index contributed by atoms with van der Waals surface area (Å²) in [7, 11) is -3.15. The minimum atomic E-state index is -3.15. The van der Waals surface area contributed by atoms with E-state index in [4.69, 9.17) is 0 Å². The Labute approximate surface area is 181 Å². The van der Waals surface area contributed by atoms with Crippen LogP contribution in [0.5, 0.6) is 0 Å². The molecule has 0 spiro atoms. The van der Waals surface area contributed by atoms with E-state index in [1.165, 1.54) is 21.8 Å². The predicted molar refractivity (Wildman–Crippen MR) is 121 cm³/mol. The van der Waals surface area contributed by atoms with Gasteiger partial charge in [0.25, 0.3) is 0 Å². The molecule has 1 aromatic carbocycles. The smallest absolute Gasteiger partial charge is 0.223 e. The molecule has 0 saturated carbocycles. The number of aryl methyl sites for hydroxylation is 1. The van der Waals surface area contributed by atoms with E-state index in [2.05, 4.69) is 53.2 Å². The number of amides is 1. The van der Waals surface area contributed by atoms with Gasteiger partial charge in [-0.2, -0.15) is 0 Å². The third kappa shape index (κ3) is 6.43. The molecule has 0 aromatic heterocycles. The fourth-order valence-electron chi connectivity index (χ4n) is 4.31. The van der Waals surface area contributed by atoms with E-state index in [0.717, 1.165) is 39.1 Å². The molecule has 3 rings (SSSR count). The molecular formula is C22H36N4O3S. The van der Waals surface area contributed by atoms with E-state index in [1.807, 2.05) is 0 Å². The first-order valence-electron chi connectivity index (χ1n) is 11.0. The van der Waals surface area contributed by atoms with Crippen molar-refractivity contribution in [3.8, 4) is 0 Å². The second-order valence-corrected chi connectivity index (χ2v) is 10.8. The number of carbonyl (C=O) groups is 1. The van der Waals surface area contributed by atoms with Gasteiger partial charge in [0.1, 0.15) is 0 Å². The maximum Gasteiger partial charge on any atom is 0.223 e. The van der Waals surface area contributed by atoms with E-state index < -0.39 is 10.0 Å². The van der Waals surface area contributed by atoms with Crippen LogP contribution in [0.15, 0.2) is 24.3 Å². The molecule has 2 heterocycles. The minimum Gasteiger partial charge on any atom is -0.369 e. The van der Waals surface area contributed by atoms with Gasteiger partial charge < -0.3 is 10.2 Å². The highest BCUT2D eigenvalue weighted by atomic mass is 32.2. The third-order valence-corrected chi connectivity index (χ3v) is 7.60. The molecule has 8 heteroatoms. The number of nitrogens with zero attached hydrogens (tertiary/aromatic N) is 3. The fourth-order valence-corrected chi connectivity index (χ4v) is 5.19. The van der Waals surface area contributed by atoms with Gasteiger partial charge in [0.2, 0.25) is 15.9 Å². The Morgan fingerprint density at radius 3 is 2.40 bits per heavy atom. The zero-order valence-electron chi connectivity index (χ0n) is 18.5. The summed E-state index contributed by atoms with van der Waals surface area (Å²) in [6, 6.07) is 8.80. The second-order valence-electron chi connectivity index (χ2n) is 8.80. The lowest BCUT2D eigenvalue weighted by Crippen LogP contribution is -2.48. The van der Waals surface area contributed by atoms with Gasteiger partial charge >= 0.3 is 0 Å². The Hall–Kier alpha value is -1.64. The van der Waals surface area contributed by atoms with Crippen molar-refractivity contribution in [1.82, 2.24) is 14.5 Å². The first-order chi connectivity index (χ1) is 14.2. The molecule has 1 atom stereocenters. The van der Waals surface area contributed by atoms with Crippen LogP contribution in [0.2, 0.25) is 0 Å². The molecule has 1 N–H and O–H groups in total. The van der Waals surface area contributed by atoms with Gasteiger partial charge in [-0.05, 0) is 50.8 Å². The molecule has 2 saturated heterocycles. The van der Waals surface area contributed by atoms with Crippen LogP contribution < -0.4 is 10.2 Å². The van der Waals surface area contributed by atoms with Gasteiger partial charge in [0.05, 0.1) is 6.26 Å². The topological polar surface area (TPSA) is 73.0 Å². The summed E-state index contributed by atoms with van der Waals surface area (Å²) in [6.45, 7) is 10.2. The molecule has 1 aromatic rings. The quantitative estimate of drug-likeness (QED) is 0.704. The molecule has 1 unspecified atom stereocenters. The molecule has 0 bridgehead atoms. The normalized spacial score (nSPS) is 20.8. The first kappa shape index (κ1) is 23.0. The Morgan fingerprint density at radius 1 is 1.13 bits per heavy atom. The average molecular weight is 437 g/mol. The van der Waals surface area contributed by atoms with Crippen LogP contribution in [0.4, 0.5) is 5.69 Å². The molecule has 1 amide bonds. The van der Waals surface area contributed by atoms with Crippen molar-refractivity contribution in [2.24, 2.45) is 5.92 Å². The van der Waals surface area contributed by atoms with E-state index >= 15 is 0 Å². The van der Waals surface area contributed by atoms with Crippen LogP contribution in [-0.2, 0) is 14.8 Å². The molecule has 0 aliphatic carbocycles. The fraction of sp³-hybridized carbons (Fsp3) is 0.682. The summed E-state index contributed by atoms with van der Waals surface area (Å²) < 4.78 is 24.7. The van der Waals surface area contributed by atoms with E-state index in [9.17, 15) is 13.2 Å². The van der Waals surface area contributed by atoms with E-state index in [-0.39, 0.29) is 17.9 Å². The van der Waals surface area contributed by atoms with Crippen molar-refractivity contribution in [3.05, 3.63) is 29.8 Å². The van der Waals surface area contributed by atoms with Crippen molar-refractivity contribution in [1.29, 1.82) is 0 Å². The molecule has 0 radical (unpaired) electrons. The van der Waals surface area contributed by atoms with Crippen molar-refractivity contribution in [2.75, 3.05) is 57.0 Å². The molecular weight excluding hydrogens is 400 g/mol. The zero-order chi connectivity index (χ0) is 21.7. The van der Waals surface area contributed by atoms with Gasteiger partial charge in [-0.3, -0.25) is 9.69 Å². The molecule has 2 aliphatic heterocycles. The van der Waals surface area contributed by atoms with E-state index in [1.54, 1.807) is 0 Å². The number of piperidine rings is 1. The standard InChI is InChI=1S/C22H36N4O3S/c1-18-5-4-6-21(17-18)25-15-13-24(14-16-25)10-7-19(2)23-22(27)20-8-11-26(12-9-20)30(3,28)29/h4-6,17,19-20H,7-16H2,1-3H3,(H,23,27). The molecule has 168 valence electrons. The van der Waals surface area contributed by atoms with Crippen LogP contribution in [0.1, 0.15) is 31.7 Å². The summed E-state index contributed by atoms with van der Waals surface area (Å²) >= 11 is 0. The maximum absolute atomic E-state index is 12.5. The highest BCUT2D eigenvalue weighted by Crippen LogP contribution is 2.20. The molecule has 7 nitrogen and oxygen atoms in total. The van der Waals surface area contributed by atoms with Crippen molar-refractivity contribution in [3.63, 3.8) is 0 Å². The van der Waals surface area contributed by atoms with Crippen LogP contribution in [0, 0.1) is 12.8 Å². The number of hydrogen-bond acceptors (Lipinski definition) is 5. The third-order valence-electron chi connectivity index (χ3n) is 6.30. The first-order valence-corrected chi connectivity index (χ1v) is 12.9. The van der Waals surface area contributed by atoms with Crippen molar-refractivity contribution >= 4 is 21.6 Å². The lowest BCUT2D eigenvalue weighted by molar-refractivity contribution is -0.126. The number of sulfonamides is 1. The highest BCUT2D eigenvalue weighted by Gasteiger charge is 2.29. The van der Waals surface area contributed by atoms with Crippen LogP contribution in [0.3, 0.4) is 0 Å². The van der Waals surface area contributed by atoms with Crippen molar-refractivity contribution < 1.29 is 13.2 Å². The Kier molecular flexibility index (Phi) is 7.76. The van der Waals surface area contributed by atoms with Gasteiger partial charge in [-0.15, -0.1) is 0 Å². The van der Waals surface area contributed by atoms with Gasteiger partial charge in [0.15, 0.2) is 0 Å². The Bertz CT molecular complexity index is 813. The SMILES string of the molecule is Cc1cccc(N2CCN(CCC(C)NC(=O)C3CCN(S(C)(=O)=O)CC3)CC2)c1. The molecule has 2 fully saturated rings. The van der Waals surface area contributed by atoms with Gasteiger partial charge in [0, 0.05) is 63.5 Å². The molecule has 30 heavy (non-hydrogen) atoms. The summed E-state index contributed by atoms with van der Waals surface area (Å²) in [5.74, 6) is -0.0109. The molecule has 2 aliphatic rings. The van der Waals surface area contributed by atoms with Crippen LogP contribution >= 0.6 is 0 Å². The van der Waals surface area contributed by atoms with Crippen LogP contribution in [-0.4, -0.2) is 81.6 Å². The second kappa shape index (κ2) is 10.1. The number of carbonyl (C=O) groups excluding carboxylic acids is 1. The monoisotopic (exact) mass is 436 g/mol. The number of benzene rings is 1. The summed E-state index contributed by atoms with van der Waals surface area (Å²) in [5, 5.41) is 3.14. The number of rotatable bonds is 7. The zero-order valence-corrected chi connectivity index (χ0v) is 19.3. The number of piperazine rings is 1. The van der Waals surface area contributed by atoms with Gasteiger partial charge in [-0.1, -0.05) is 12.1 Å². The lowest BCUT2D eigenvalue weighted by atomic mass is 9.97. The largest absolute Gasteiger partial charge is 0.369 e. The maximum atomic E-state index is 12.5. The predicted octanol–water partition coefficient (Wildman–Crippen LogP) is 1.68. The number of anilines is 1. The average Bonchev–Trinajstić information content (AvgIpc) is 2.72. The van der Waals surface area contributed by atoms with Gasteiger partial charge in [-0.25, -0.2) is 12.7 Å². The number of hydrogen-bond donors (Lipinski definition) is 1. The Morgan fingerprint density at radius 2 is 1.80 bits per heavy atom. The lowest BCUT2D eigenvalue weighted by Gasteiger charge is -2.36. The summed E-state index contributed by atoms with van der Waals surface area (Å²) in [6.07, 6.45) is 3.37. The number of nitrogens with one attached hydrogen (secondary N) is 1.